The molecule has 2 aliphatic heterocycles. The largest absolute Gasteiger partial charge is 0.501 e. The number of nitrogens with one attached hydrogen (secondary N) is 1. The maximum Gasteiger partial charge on any atom is 0.296 e. The SMILES string of the molecule is CCCN(CCC)S(=O)(=O)c1cc(F)ccc1CNC(=O)c1nc2n(c(=O)c1O)CCOC21CCOCC1. The molecule has 0 radical (unpaired) electrons. The van der Waals surface area contributed by atoms with Crippen LogP contribution in [0.2, 0.25) is 0 Å². The van der Waals surface area contributed by atoms with E-state index in [2.05, 4.69) is 10.3 Å². The van der Waals surface area contributed by atoms with Gasteiger partial charge in [0.1, 0.15) is 17.2 Å². The number of amides is 1. The first-order valence-corrected chi connectivity index (χ1v) is 14.2. The summed E-state index contributed by atoms with van der Waals surface area (Å²) in [5.74, 6) is -2.16. The second-order valence-electron chi connectivity index (χ2n) is 9.38. The van der Waals surface area contributed by atoms with Gasteiger partial charge in [-0.15, -0.1) is 0 Å². The zero-order valence-electron chi connectivity index (χ0n) is 21.5. The molecule has 2 aromatic rings. The highest BCUT2D eigenvalue weighted by atomic mass is 32.2. The molecule has 1 fully saturated rings. The van der Waals surface area contributed by atoms with Crippen molar-refractivity contribution >= 4 is 15.9 Å². The molecule has 11 nitrogen and oxygen atoms in total. The molecule has 1 aromatic carbocycles. The number of nitrogens with zero attached hydrogens (tertiary/aromatic N) is 3. The van der Waals surface area contributed by atoms with Gasteiger partial charge in [0, 0.05) is 45.7 Å². The zero-order valence-corrected chi connectivity index (χ0v) is 22.4. The van der Waals surface area contributed by atoms with Gasteiger partial charge in [-0.2, -0.15) is 4.31 Å². The van der Waals surface area contributed by atoms with Crippen LogP contribution in [0.4, 0.5) is 4.39 Å². The maximum atomic E-state index is 14.1. The lowest BCUT2D eigenvalue weighted by atomic mass is 9.91. The van der Waals surface area contributed by atoms with Gasteiger partial charge >= 0.3 is 0 Å². The van der Waals surface area contributed by atoms with Crippen molar-refractivity contribution in [3.8, 4) is 5.75 Å². The van der Waals surface area contributed by atoms with Crippen molar-refractivity contribution in [2.24, 2.45) is 0 Å². The molecule has 2 N–H and O–H groups in total. The molecule has 0 aliphatic carbocycles. The topological polar surface area (TPSA) is 140 Å². The summed E-state index contributed by atoms with van der Waals surface area (Å²) in [7, 11) is -4.04. The molecular weight excluding hydrogens is 519 g/mol. The minimum absolute atomic E-state index is 0.162. The van der Waals surface area contributed by atoms with Crippen LogP contribution in [0.25, 0.3) is 0 Å². The van der Waals surface area contributed by atoms with Crippen LogP contribution in [0.1, 0.15) is 61.4 Å². The Bertz CT molecular complexity index is 1350. The first-order valence-electron chi connectivity index (χ1n) is 12.8. The predicted molar refractivity (Wildman–Crippen MR) is 135 cm³/mol. The number of sulfonamides is 1. The Morgan fingerprint density at radius 1 is 1.21 bits per heavy atom. The fourth-order valence-corrected chi connectivity index (χ4v) is 6.74. The number of benzene rings is 1. The van der Waals surface area contributed by atoms with Crippen molar-refractivity contribution in [1.29, 1.82) is 0 Å². The summed E-state index contributed by atoms with van der Waals surface area (Å²) in [4.78, 5) is 30.2. The Balaban J connectivity index is 1.65. The summed E-state index contributed by atoms with van der Waals surface area (Å²) in [5, 5.41) is 13.1. The average Bonchev–Trinajstić information content (AvgIpc) is 2.90. The van der Waals surface area contributed by atoms with Crippen molar-refractivity contribution in [1.82, 2.24) is 19.2 Å². The molecule has 2 aliphatic rings. The van der Waals surface area contributed by atoms with Gasteiger partial charge in [0.05, 0.1) is 18.0 Å². The predicted octanol–water partition coefficient (Wildman–Crippen LogP) is 1.86. The van der Waals surface area contributed by atoms with Crippen LogP contribution >= 0.6 is 0 Å². The Labute approximate surface area is 220 Å². The summed E-state index contributed by atoms with van der Waals surface area (Å²) < 4.78 is 54.9. The van der Waals surface area contributed by atoms with E-state index in [-0.39, 0.29) is 49.1 Å². The van der Waals surface area contributed by atoms with E-state index in [4.69, 9.17) is 9.47 Å². The second kappa shape index (κ2) is 11.5. The third-order valence-electron chi connectivity index (χ3n) is 6.79. The van der Waals surface area contributed by atoms with Crippen molar-refractivity contribution < 1.29 is 32.2 Å². The number of aromatic hydroxyl groups is 1. The van der Waals surface area contributed by atoms with Gasteiger partial charge in [0.15, 0.2) is 5.69 Å². The highest BCUT2D eigenvalue weighted by molar-refractivity contribution is 7.89. The van der Waals surface area contributed by atoms with Crippen LogP contribution in [0.5, 0.6) is 5.75 Å². The van der Waals surface area contributed by atoms with Gasteiger partial charge in [-0.05, 0) is 30.5 Å². The molecule has 208 valence electrons. The Morgan fingerprint density at radius 3 is 2.55 bits per heavy atom. The number of halogens is 1. The lowest BCUT2D eigenvalue weighted by molar-refractivity contribution is -0.139. The fourth-order valence-electron chi connectivity index (χ4n) is 4.89. The molecule has 1 saturated heterocycles. The number of hydrogen-bond donors (Lipinski definition) is 2. The minimum Gasteiger partial charge on any atom is -0.501 e. The van der Waals surface area contributed by atoms with E-state index in [1.807, 2.05) is 13.8 Å². The van der Waals surface area contributed by atoms with Crippen molar-refractivity contribution in [2.45, 2.75) is 63.1 Å². The monoisotopic (exact) mass is 552 g/mol. The molecular formula is C25H33FN4O7S. The molecule has 0 atom stereocenters. The van der Waals surface area contributed by atoms with Crippen molar-refractivity contribution in [3.63, 3.8) is 0 Å². The van der Waals surface area contributed by atoms with Crippen LogP contribution in [0, 0.1) is 5.82 Å². The van der Waals surface area contributed by atoms with Crippen molar-refractivity contribution in [3.05, 3.63) is 51.5 Å². The molecule has 1 amide bonds. The van der Waals surface area contributed by atoms with Gasteiger partial charge in [0.25, 0.3) is 11.5 Å². The number of carbonyl (C=O) groups is 1. The summed E-state index contributed by atoms with van der Waals surface area (Å²) >= 11 is 0. The number of fused-ring (bicyclic) bond motifs is 2. The average molecular weight is 553 g/mol. The summed E-state index contributed by atoms with van der Waals surface area (Å²) in [5.41, 5.74) is -1.98. The minimum atomic E-state index is -4.04. The Kier molecular flexibility index (Phi) is 8.50. The fraction of sp³-hybridized carbons (Fsp3) is 0.560. The van der Waals surface area contributed by atoms with Gasteiger partial charge in [-0.1, -0.05) is 19.9 Å². The molecule has 0 unspecified atom stereocenters. The second-order valence-corrected chi connectivity index (χ2v) is 11.3. The first-order chi connectivity index (χ1) is 18.1. The van der Waals surface area contributed by atoms with E-state index in [9.17, 15) is 27.5 Å². The van der Waals surface area contributed by atoms with E-state index in [1.165, 1.54) is 14.9 Å². The number of aromatic nitrogens is 2. The number of ether oxygens (including phenoxy) is 2. The Morgan fingerprint density at radius 2 is 1.89 bits per heavy atom. The quantitative estimate of drug-likeness (QED) is 0.481. The zero-order chi connectivity index (χ0) is 27.5. The van der Waals surface area contributed by atoms with Crippen LogP contribution in [0.15, 0.2) is 27.9 Å². The first kappa shape index (κ1) is 28.1. The molecule has 38 heavy (non-hydrogen) atoms. The third-order valence-corrected chi connectivity index (χ3v) is 8.78. The molecule has 1 aromatic heterocycles. The molecule has 0 saturated carbocycles. The van der Waals surface area contributed by atoms with E-state index < -0.39 is 44.4 Å². The van der Waals surface area contributed by atoms with E-state index in [0.29, 0.717) is 38.9 Å². The third kappa shape index (κ3) is 5.33. The summed E-state index contributed by atoms with van der Waals surface area (Å²) in [6.07, 6.45) is 2.04. The highest BCUT2D eigenvalue weighted by Crippen LogP contribution is 2.37. The number of rotatable bonds is 9. The normalized spacial score (nSPS) is 16.9. The smallest absolute Gasteiger partial charge is 0.296 e. The van der Waals surface area contributed by atoms with E-state index >= 15 is 0 Å². The van der Waals surface area contributed by atoms with Gasteiger partial charge in [-0.3, -0.25) is 14.2 Å². The van der Waals surface area contributed by atoms with Gasteiger partial charge in [-0.25, -0.2) is 17.8 Å². The molecule has 4 rings (SSSR count). The molecule has 3 heterocycles. The van der Waals surface area contributed by atoms with Crippen LogP contribution in [-0.2, 0) is 38.2 Å². The van der Waals surface area contributed by atoms with Gasteiger partial charge in [0.2, 0.25) is 15.8 Å². The lowest BCUT2D eigenvalue weighted by Crippen LogP contribution is -2.48. The molecule has 0 bridgehead atoms. The summed E-state index contributed by atoms with van der Waals surface area (Å²) in [6, 6.07) is 3.33. The van der Waals surface area contributed by atoms with Crippen LogP contribution in [-0.4, -0.2) is 66.2 Å². The number of hydrogen-bond acceptors (Lipinski definition) is 8. The maximum absolute atomic E-state index is 14.1. The van der Waals surface area contributed by atoms with Crippen molar-refractivity contribution in [2.75, 3.05) is 32.9 Å². The van der Waals surface area contributed by atoms with Gasteiger partial charge < -0.3 is 19.9 Å². The molecule has 1 spiro atoms. The Hall–Kier alpha value is -2.87. The highest BCUT2D eigenvalue weighted by Gasteiger charge is 2.43. The van der Waals surface area contributed by atoms with E-state index in [1.54, 1.807) is 0 Å². The molecule has 13 heteroatoms. The van der Waals surface area contributed by atoms with Crippen LogP contribution in [0.3, 0.4) is 0 Å². The summed E-state index contributed by atoms with van der Waals surface area (Å²) in [6.45, 7) is 5.17. The van der Waals surface area contributed by atoms with E-state index in [0.717, 1.165) is 12.1 Å². The standard InChI is InChI=1S/C25H33FN4O7S/c1-3-9-29(10-4-2)38(34,35)19-15-18(26)6-5-17(19)16-27-22(32)20-21(31)23(33)30-11-14-37-25(24(30)28-20)7-12-36-13-8-25/h5-6,15,31H,3-4,7-14,16H2,1-2H3,(H,27,32). The number of carbonyl (C=O) groups excluding carboxylic acids is 1. The van der Waals surface area contributed by atoms with Crippen LogP contribution < -0.4 is 10.9 Å². The lowest BCUT2D eigenvalue weighted by Gasteiger charge is -2.40.